The molecular formula is C9H8FNO2. The normalized spacial score (nSPS) is 14.8. The third kappa shape index (κ3) is 1.29. The smallest absolute Gasteiger partial charge is 0.267 e. The van der Waals surface area contributed by atoms with Crippen LogP contribution >= 0.6 is 0 Å². The van der Waals surface area contributed by atoms with Crippen molar-refractivity contribution in [3.63, 3.8) is 0 Å². The van der Waals surface area contributed by atoms with Gasteiger partial charge in [-0.25, -0.2) is 14.3 Å². The summed E-state index contributed by atoms with van der Waals surface area (Å²) in [6.45, 7) is -0.640. The third-order valence-electron chi connectivity index (χ3n) is 1.99. The van der Waals surface area contributed by atoms with E-state index >= 15 is 0 Å². The average molecular weight is 181 g/mol. The van der Waals surface area contributed by atoms with E-state index < -0.39 is 6.86 Å². The number of carbonyl (C=O) groups is 1. The molecule has 13 heavy (non-hydrogen) atoms. The molecule has 0 radical (unpaired) electrons. The predicted molar refractivity (Wildman–Crippen MR) is 43.4 cm³/mol. The Labute approximate surface area is 74.7 Å². The Morgan fingerprint density at radius 1 is 1.46 bits per heavy atom. The minimum atomic E-state index is -0.972. The van der Waals surface area contributed by atoms with E-state index in [1.165, 1.54) is 0 Å². The SMILES string of the molecule is O=C1c2ccccc2CN1OCF. The van der Waals surface area contributed by atoms with Gasteiger partial charge in [0.15, 0.2) is 0 Å². The number of rotatable bonds is 2. The van der Waals surface area contributed by atoms with Gasteiger partial charge in [0.25, 0.3) is 5.91 Å². The van der Waals surface area contributed by atoms with E-state index in [4.69, 9.17) is 0 Å². The minimum absolute atomic E-state index is 0.270. The summed E-state index contributed by atoms with van der Waals surface area (Å²) in [5.41, 5.74) is 1.47. The molecule has 0 aliphatic carbocycles. The number of amides is 1. The summed E-state index contributed by atoms with van der Waals surface area (Å²) in [4.78, 5) is 15.9. The fraction of sp³-hybridized carbons (Fsp3) is 0.222. The standard InChI is InChI=1S/C9H8FNO2/c10-6-13-11-5-7-3-1-2-4-8(7)9(11)12/h1-4H,5-6H2. The van der Waals surface area contributed by atoms with Crippen molar-refractivity contribution in [3.8, 4) is 0 Å². The van der Waals surface area contributed by atoms with Crippen LogP contribution in [-0.2, 0) is 11.4 Å². The molecule has 0 atom stereocenters. The quantitative estimate of drug-likeness (QED) is 0.692. The predicted octanol–water partition coefficient (Wildman–Crippen LogP) is 1.50. The molecule has 1 aromatic carbocycles. The maximum atomic E-state index is 11.8. The maximum Gasteiger partial charge on any atom is 0.278 e. The Bertz CT molecular complexity index is 340. The molecule has 0 aromatic heterocycles. The van der Waals surface area contributed by atoms with Gasteiger partial charge >= 0.3 is 0 Å². The molecule has 1 aliphatic rings. The summed E-state index contributed by atoms with van der Waals surface area (Å²) in [5, 5.41) is 1.03. The van der Waals surface area contributed by atoms with E-state index in [9.17, 15) is 9.18 Å². The molecule has 1 heterocycles. The van der Waals surface area contributed by atoms with Crippen molar-refractivity contribution in [2.75, 3.05) is 6.86 Å². The second kappa shape index (κ2) is 3.14. The van der Waals surface area contributed by atoms with Gasteiger partial charge < -0.3 is 0 Å². The summed E-state index contributed by atoms with van der Waals surface area (Å²) in [6.07, 6.45) is 0. The van der Waals surface area contributed by atoms with Gasteiger partial charge in [-0.05, 0) is 11.6 Å². The molecule has 2 rings (SSSR count). The second-order valence-corrected chi connectivity index (χ2v) is 2.74. The zero-order valence-electron chi connectivity index (χ0n) is 6.87. The molecule has 0 fully saturated rings. The van der Waals surface area contributed by atoms with Crippen LogP contribution in [0.4, 0.5) is 4.39 Å². The second-order valence-electron chi connectivity index (χ2n) is 2.74. The van der Waals surface area contributed by atoms with E-state index in [-0.39, 0.29) is 5.91 Å². The van der Waals surface area contributed by atoms with E-state index in [0.29, 0.717) is 12.1 Å². The maximum absolute atomic E-state index is 11.8. The van der Waals surface area contributed by atoms with Gasteiger partial charge in [0.1, 0.15) is 0 Å². The largest absolute Gasteiger partial charge is 0.278 e. The minimum Gasteiger partial charge on any atom is -0.267 e. The number of benzene rings is 1. The molecule has 0 unspecified atom stereocenters. The zero-order chi connectivity index (χ0) is 9.26. The first-order valence-electron chi connectivity index (χ1n) is 3.91. The molecule has 0 N–H and O–H groups in total. The molecule has 1 aromatic rings. The summed E-state index contributed by atoms with van der Waals surface area (Å²) in [5.74, 6) is -0.270. The van der Waals surface area contributed by atoms with Gasteiger partial charge in [0, 0.05) is 5.56 Å². The molecule has 0 bridgehead atoms. The van der Waals surface area contributed by atoms with Crippen LogP contribution in [0.1, 0.15) is 15.9 Å². The molecule has 0 spiro atoms. The molecular weight excluding hydrogens is 173 g/mol. The molecule has 0 saturated carbocycles. The molecule has 4 heteroatoms. The number of nitrogens with zero attached hydrogens (tertiary/aromatic N) is 1. The molecule has 1 amide bonds. The van der Waals surface area contributed by atoms with Crippen molar-refractivity contribution in [2.45, 2.75) is 6.54 Å². The summed E-state index contributed by atoms with van der Waals surface area (Å²) < 4.78 is 11.8. The Kier molecular flexibility index (Phi) is 1.98. The highest BCUT2D eigenvalue weighted by Crippen LogP contribution is 2.22. The van der Waals surface area contributed by atoms with Gasteiger partial charge in [-0.15, -0.1) is 0 Å². The van der Waals surface area contributed by atoms with Crippen LogP contribution in [0.25, 0.3) is 0 Å². The van der Waals surface area contributed by atoms with E-state index in [1.54, 1.807) is 12.1 Å². The van der Waals surface area contributed by atoms with Crippen LogP contribution in [0.3, 0.4) is 0 Å². The van der Waals surface area contributed by atoms with Crippen LogP contribution in [0, 0.1) is 0 Å². The van der Waals surface area contributed by atoms with E-state index in [1.807, 2.05) is 12.1 Å². The van der Waals surface area contributed by atoms with Crippen LogP contribution < -0.4 is 0 Å². The lowest BCUT2D eigenvalue weighted by Gasteiger charge is -2.11. The van der Waals surface area contributed by atoms with E-state index in [2.05, 4.69) is 4.84 Å². The fourth-order valence-electron chi connectivity index (χ4n) is 1.39. The fourth-order valence-corrected chi connectivity index (χ4v) is 1.39. The Balaban J connectivity index is 2.28. The Morgan fingerprint density at radius 3 is 2.92 bits per heavy atom. The van der Waals surface area contributed by atoms with Gasteiger partial charge in [0.2, 0.25) is 6.86 Å². The van der Waals surface area contributed by atoms with Crippen LogP contribution in [-0.4, -0.2) is 17.8 Å². The van der Waals surface area contributed by atoms with Crippen molar-refractivity contribution in [3.05, 3.63) is 35.4 Å². The summed E-state index contributed by atoms with van der Waals surface area (Å²) in [6, 6.07) is 7.15. The van der Waals surface area contributed by atoms with Gasteiger partial charge in [0.05, 0.1) is 6.54 Å². The Morgan fingerprint density at radius 2 is 2.23 bits per heavy atom. The molecule has 68 valence electrons. The number of hydrogen-bond acceptors (Lipinski definition) is 2. The van der Waals surface area contributed by atoms with Gasteiger partial charge in [-0.3, -0.25) is 4.79 Å². The average Bonchev–Trinajstić information content (AvgIpc) is 2.46. The van der Waals surface area contributed by atoms with Crippen molar-refractivity contribution in [1.82, 2.24) is 5.06 Å². The molecule has 1 aliphatic heterocycles. The highest BCUT2D eigenvalue weighted by atomic mass is 19.1. The number of hydroxylamine groups is 2. The number of carbonyl (C=O) groups excluding carboxylic acids is 1. The highest BCUT2D eigenvalue weighted by Gasteiger charge is 2.27. The van der Waals surface area contributed by atoms with E-state index in [0.717, 1.165) is 10.6 Å². The lowest BCUT2D eigenvalue weighted by molar-refractivity contribution is -0.155. The van der Waals surface area contributed by atoms with Crippen molar-refractivity contribution >= 4 is 5.91 Å². The lowest BCUT2D eigenvalue weighted by Crippen LogP contribution is -2.23. The first-order valence-corrected chi connectivity index (χ1v) is 3.91. The van der Waals surface area contributed by atoms with Crippen molar-refractivity contribution < 1.29 is 14.0 Å². The van der Waals surface area contributed by atoms with Gasteiger partial charge in [-0.1, -0.05) is 18.2 Å². The number of hydrogen-bond donors (Lipinski definition) is 0. The summed E-state index contributed by atoms with van der Waals surface area (Å²) >= 11 is 0. The highest BCUT2D eigenvalue weighted by molar-refractivity contribution is 5.97. The monoisotopic (exact) mass is 181 g/mol. The first-order chi connectivity index (χ1) is 6.33. The van der Waals surface area contributed by atoms with Crippen LogP contribution in [0.15, 0.2) is 24.3 Å². The molecule has 0 saturated heterocycles. The number of halogens is 1. The Hall–Kier alpha value is -1.42. The number of fused-ring (bicyclic) bond motifs is 1. The van der Waals surface area contributed by atoms with Crippen molar-refractivity contribution in [2.24, 2.45) is 0 Å². The van der Waals surface area contributed by atoms with Gasteiger partial charge in [-0.2, -0.15) is 0 Å². The topological polar surface area (TPSA) is 29.5 Å². The van der Waals surface area contributed by atoms with Crippen molar-refractivity contribution in [1.29, 1.82) is 0 Å². The summed E-state index contributed by atoms with van der Waals surface area (Å²) in [7, 11) is 0. The first kappa shape index (κ1) is 8.19. The lowest BCUT2D eigenvalue weighted by atomic mass is 10.1. The van der Waals surface area contributed by atoms with Crippen LogP contribution in [0.2, 0.25) is 0 Å². The third-order valence-corrected chi connectivity index (χ3v) is 1.99. The van der Waals surface area contributed by atoms with Crippen LogP contribution in [0.5, 0.6) is 0 Å². The zero-order valence-corrected chi connectivity index (χ0v) is 6.87. The number of alkyl halides is 1. The molecule has 3 nitrogen and oxygen atoms in total.